The smallest absolute Gasteiger partial charge is 0.256 e. The number of halogens is 1. The lowest BCUT2D eigenvalue weighted by atomic mass is 9.85. The van der Waals surface area contributed by atoms with Crippen molar-refractivity contribution in [3.63, 3.8) is 0 Å². The predicted molar refractivity (Wildman–Crippen MR) is 74.1 cm³/mol. The zero-order valence-electron chi connectivity index (χ0n) is 10.9. The molecule has 3 atom stereocenters. The van der Waals surface area contributed by atoms with Crippen molar-refractivity contribution in [1.82, 2.24) is 0 Å². The zero-order chi connectivity index (χ0) is 13.7. The molecule has 2 aromatic carbocycles. The van der Waals surface area contributed by atoms with Crippen LogP contribution in [0, 0.1) is 0 Å². The molecule has 0 spiro atoms. The van der Waals surface area contributed by atoms with Crippen LogP contribution in [0.4, 0.5) is 0 Å². The van der Waals surface area contributed by atoms with Gasteiger partial charge >= 0.3 is 0 Å². The fraction of sp³-hybridized carbons (Fsp3) is 0.250. The largest absolute Gasteiger partial charge is 0.307 e. The van der Waals surface area contributed by atoms with Crippen LogP contribution in [-0.4, -0.2) is 6.29 Å². The van der Waals surface area contributed by atoms with Crippen molar-refractivity contribution in [3.05, 3.63) is 70.2 Å². The Hall–Kier alpha value is -1.39. The number of hydrogen-bond donors (Lipinski definition) is 0. The van der Waals surface area contributed by atoms with Crippen molar-refractivity contribution >= 4 is 11.6 Å². The van der Waals surface area contributed by atoms with Crippen LogP contribution < -0.4 is 0 Å². The molecule has 0 aliphatic carbocycles. The minimum atomic E-state index is -1.02. The molecule has 0 N–H and O–H groups in total. The fourth-order valence-corrected chi connectivity index (χ4v) is 3.11. The Bertz CT molecular complexity index is 672. The van der Waals surface area contributed by atoms with Crippen molar-refractivity contribution in [2.75, 3.05) is 0 Å². The van der Waals surface area contributed by atoms with Crippen LogP contribution in [0.25, 0.3) is 0 Å². The van der Waals surface area contributed by atoms with Crippen LogP contribution in [0.15, 0.2) is 48.5 Å². The van der Waals surface area contributed by atoms with Gasteiger partial charge in [-0.05, 0) is 17.7 Å². The van der Waals surface area contributed by atoms with Gasteiger partial charge in [-0.1, -0.05) is 54.9 Å². The van der Waals surface area contributed by atoms with Crippen molar-refractivity contribution in [2.45, 2.75) is 24.9 Å². The monoisotopic (exact) mass is 288 g/mol. The van der Waals surface area contributed by atoms with Gasteiger partial charge in [-0.3, -0.25) is 0 Å². The molecule has 0 radical (unpaired) electrons. The van der Waals surface area contributed by atoms with E-state index in [4.69, 9.17) is 26.1 Å². The van der Waals surface area contributed by atoms with Gasteiger partial charge in [0.2, 0.25) is 6.29 Å². The van der Waals surface area contributed by atoms with Crippen LogP contribution in [-0.2, 0) is 20.3 Å². The Morgan fingerprint density at radius 2 is 1.95 bits per heavy atom. The summed E-state index contributed by atoms with van der Waals surface area (Å²) < 4.78 is 6.06. The minimum Gasteiger partial charge on any atom is -0.307 e. The number of rotatable bonds is 1. The van der Waals surface area contributed by atoms with E-state index in [-0.39, 0.29) is 5.92 Å². The quantitative estimate of drug-likeness (QED) is 0.743. The molecule has 0 saturated carbocycles. The molecule has 4 heteroatoms. The van der Waals surface area contributed by atoms with E-state index in [0.29, 0.717) is 5.02 Å². The topological polar surface area (TPSA) is 27.7 Å². The number of ether oxygens (including phenoxy) is 1. The number of benzene rings is 2. The third kappa shape index (κ3) is 1.58. The van der Waals surface area contributed by atoms with Gasteiger partial charge in [-0.2, -0.15) is 9.78 Å². The minimum absolute atomic E-state index is 0.126. The Morgan fingerprint density at radius 1 is 1.10 bits per heavy atom. The van der Waals surface area contributed by atoms with E-state index < -0.39 is 12.1 Å². The molecular formula is C16H13ClO3. The average molecular weight is 289 g/mol. The highest BCUT2D eigenvalue weighted by atomic mass is 35.5. The summed E-state index contributed by atoms with van der Waals surface area (Å²) in [6.45, 7) is 2.07. The normalized spacial score (nSPS) is 31.1. The highest BCUT2D eigenvalue weighted by Gasteiger charge is 2.54. The van der Waals surface area contributed by atoms with Crippen LogP contribution in [0.5, 0.6) is 0 Å². The second-order valence-electron chi connectivity index (χ2n) is 5.17. The van der Waals surface area contributed by atoms with E-state index in [2.05, 4.69) is 13.0 Å². The first-order chi connectivity index (χ1) is 9.71. The molecule has 1 fully saturated rings. The first-order valence-corrected chi connectivity index (χ1v) is 6.96. The molecule has 4 rings (SSSR count). The highest BCUT2D eigenvalue weighted by Crippen LogP contribution is 2.51. The van der Waals surface area contributed by atoms with Crippen LogP contribution in [0.2, 0.25) is 5.02 Å². The van der Waals surface area contributed by atoms with Gasteiger partial charge in [0.15, 0.2) is 0 Å². The maximum Gasteiger partial charge on any atom is 0.256 e. The van der Waals surface area contributed by atoms with Crippen molar-refractivity contribution in [1.29, 1.82) is 0 Å². The Labute approximate surface area is 122 Å². The fourth-order valence-electron chi connectivity index (χ4n) is 2.92. The first kappa shape index (κ1) is 12.4. The molecule has 0 amide bonds. The maximum absolute atomic E-state index is 6.10. The van der Waals surface area contributed by atoms with E-state index in [1.165, 1.54) is 5.56 Å². The van der Waals surface area contributed by atoms with Gasteiger partial charge in [0, 0.05) is 22.1 Å². The lowest BCUT2D eigenvalue weighted by molar-refractivity contribution is -0.321. The second-order valence-corrected chi connectivity index (χ2v) is 5.61. The maximum atomic E-state index is 6.10. The molecule has 2 aliphatic rings. The summed E-state index contributed by atoms with van der Waals surface area (Å²) in [6.07, 6.45) is -0.399. The average Bonchev–Trinajstić information content (AvgIpc) is 2.88. The predicted octanol–water partition coefficient (Wildman–Crippen LogP) is 3.96. The summed E-state index contributed by atoms with van der Waals surface area (Å²) in [7, 11) is 0. The summed E-state index contributed by atoms with van der Waals surface area (Å²) in [5.74, 6) is -0.889. The molecule has 2 aliphatic heterocycles. The molecule has 2 aromatic rings. The van der Waals surface area contributed by atoms with E-state index in [9.17, 15) is 0 Å². The van der Waals surface area contributed by atoms with Gasteiger partial charge in [-0.25, -0.2) is 0 Å². The Kier molecular flexibility index (Phi) is 2.66. The van der Waals surface area contributed by atoms with Crippen LogP contribution in [0.3, 0.4) is 0 Å². The third-order valence-corrected chi connectivity index (χ3v) is 4.20. The van der Waals surface area contributed by atoms with Gasteiger partial charge in [0.1, 0.15) is 0 Å². The van der Waals surface area contributed by atoms with Gasteiger partial charge < -0.3 is 4.74 Å². The molecular weight excluding hydrogens is 276 g/mol. The Balaban J connectivity index is 1.96. The van der Waals surface area contributed by atoms with Crippen molar-refractivity contribution in [3.8, 4) is 0 Å². The summed E-state index contributed by atoms with van der Waals surface area (Å²) >= 11 is 6.10. The summed E-state index contributed by atoms with van der Waals surface area (Å²) in [5, 5.41) is 0.642. The lowest BCUT2D eigenvalue weighted by Crippen LogP contribution is -2.36. The van der Waals surface area contributed by atoms with E-state index in [1.807, 2.05) is 42.5 Å². The molecule has 1 saturated heterocycles. The van der Waals surface area contributed by atoms with Gasteiger partial charge in [0.05, 0.1) is 0 Å². The highest BCUT2D eigenvalue weighted by molar-refractivity contribution is 6.30. The molecule has 3 nitrogen and oxygen atoms in total. The number of hydrogen-bond acceptors (Lipinski definition) is 3. The molecule has 102 valence electrons. The lowest BCUT2D eigenvalue weighted by Gasteiger charge is -2.34. The first-order valence-electron chi connectivity index (χ1n) is 6.58. The number of fused-ring (bicyclic) bond motifs is 4. The second kappa shape index (κ2) is 4.30. The van der Waals surface area contributed by atoms with Crippen LogP contribution in [0.1, 0.15) is 29.5 Å². The Morgan fingerprint density at radius 3 is 2.80 bits per heavy atom. The molecule has 2 heterocycles. The van der Waals surface area contributed by atoms with Crippen molar-refractivity contribution < 1.29 is 14.5 Å². The standard InChI is InChI=1S/C16H13ClO3/c1-10-13-7-2-3-8-14(13)16(18-15(10)19-20-16)11-5-4-6-12(17)9-11/h2-10,15H,1H3/t10?,15-,16+/m1/s1. The molecule has 1 unspecified atom stereocenters. The summed E-state index contributed by atoms with van der Waals surface area (Å²) in [5.41, 5.74) is 3.00. The third-order valence-electron chi connectivity index (χ3n) is 3.96. The zero-order valence-corrected chi connectivity index (χ0v) is 11.6. The van der Waals surface area contributed by atoms with E-state index in [1.54, 1.807) is 0 Å². The summed E-state index contributed by atoms with van der Waals surface area (Å²) in [6, 6.07) is 15.6. The van der Waals surface area contributed by atoms with Crippen molar-refractivity contribution in [2.24, 2.45) is 0 Å². The summed E-state index contributed by atoms with van der Waals surface area (Å²) in [4.78, 5) is 11.0. The molecule has 0 aromatic heterocycles. The molecule has 20 heavy (non-hydrogen) atoms. The molecule has 2 bridgehead atoms. The van der Waals surface area contributed by atoms with Gasteiger partial charge in [0.25, 0.3) is 5.79 Å². The van der Waals surface area contributed by atoms with E-state index in [0.717, 1.165) is 11.1 Å². The van der Waals surface area contributed by atoms with Crippen LogP contribution >= 0.6 is 11.6 Å². The SMILES string of the molecule is CC1c2ccccc2[C@]2(c3cccc(Cl)c3)OO[C@H]1O2. The van der Waals surface area contributed by atoms with E-state index >= 15 is 0 Å². The van der Waals surface area contributed by atoms with Gasteiger partial charge in [-0.15, -0.1) is 0 Å².